The maximum absolute atomic E-state index is 12.3. The minimum absolute atomic E-state index is 0.140. The van der Waals surface area contributed by atoms with Crippen molar-refractivity contribution in [3.63, 3.8) is 0 Å². The number of rotatable bonds is 4. The fourth-order valence-electron chi connectivity index (χ4n) is 2.84. The van der Waals surface area contributed by atoms with E-state index in [0.29, 0.717) is 11.3 Å². The molecule has 1 amide bonds. The van der Waals surface area contributed by atoms with E-state index in [2.05, 4.69) is 15.3 Å². The molecule has 6 heteroatoms. The largest absolute Gasteiger partial charge is 0.393 e. The number of piperidine rings is 1. The first kappa shape index (κ1) is 16.5. The van der Waals surface area contributed by atoms with E-state index in [1.807, 2.05) is 49.0 Å². The zero-order valence-electron chi connectivity index (χ0n) is 14.1. The summed E-state index contributed by atoms with van der Waals surface area (Å²) in [5, 5.41) is 16.7. The summed E-state index contributed by atoms with van der Waals surface area (Å²) >= 11 is 0. The maximum Gasteiger partial charge on any atom is 0.255 e. The monoisotopic (exact) mass is 328 g/mol. The summed E-state index contributed by atoms with van der Waals surface area (Å²) in [7, 11) is 0. The van der Waals surface area contributed by atoms with Crippen LogP contribution in [0.5, 0.6) is 0 Å². The first-order chi connectivity index (χ1) is 11.5. The third kappa shape index (κ3) is 3.76. The molecule has 0 bridgehead atoms. The van der Waals surface area contributed by atoms with Crippen LogP contribution in [0.1, 0.15) is 43.1 Å². The van der Waals surface area contributed by atoms with E-state index in [1.54, 1.807) is 6.20 Å². The van der Waals surface area contributed by atoms with Crippen molar-refractivity contribution >= 4 is 17.3 Å². The third-order valence-electron chi connectivity index (χ3n) is 4.35. The number of carbonyl (C=O) groups excluding carboxylic acids is 1. The van der Waals surface area contributed by atoms with Gasteiger partial charge in [0.2, 0.25) is 0 Å². The lowest BCUT2D eigenvalue weighted by Gasteiger charge is -2.31. The minimum Gasteiger partial charge on any atom is -0.393 e. The van der Waals surface area contributed by atoms with E-state index < -0.39 is 0 Å². The first-order valence-electron chi connectivity index (χ1n) is 8.41. The zero-order valence-corrected chi connectivity index (χ0v) is 14.1. The van der Waals surface area contributed by atoms with Crippen LogP contribution in [0.3, 0.4) is 0 Å². The normalized spacial score (nSPS) is 15.8. The van der Waals surface area contributed by atoms with Crippen molar-refractivity contribution in [3.8, 4) is 0 Å². The summed E-state index contributed by atoms with van der Waals surface area (Å²) in [5.74, 6) is -0.140. The van der Waals surface area contributed by atoms with Gasteiger partial charge in [0.25, 0.3) is 5.91 Å². The Bertz CT molecular complexity index is 685. The van der Waals surface area contributed by atoms with Crippen LogP contribution in [0, 0.1) is 0 Å². The molecule has 2 N–H and O–H groups in total. The second kappa shape index (κ2) is 7.05. The molecule has 0 radical (unpaired) electrons. The Balaban J connectivity index is 1.63. The molecule has 0 spiro atoms. The number of aliphatic hydroxyl groups excluding tert-OH is 1. The summed E-state index contributed by atoms with van der Waals surface area (Å²) in [5.41, 5.74) is 2.40. The Morgan fingerprint density at radius 1 is 1.25 bits per heavy atom. The van der Waals surface area contributed by atoms with Gasteiger partial charge in [-0.25, -0.2) is 0 Å². The molecule has 24 heavy (non-hydrogen) atoms. The molecular weight excluding hydrogens is 304 g/mol. The lowest BCUT2D eigenvalue weighted by atomic mass is 10.1. The molecule has 2 aromatic rings. The predicted molar refractivity (Wildman–Crippen MR) is 94.5 cm³/mol. The molecule has 1 saturated heterocycles. The van der Waals surface area contributed by atoms with E-state index in [1.165, 1.54) is 0 Å². The van der Waals surface area contributed by atoms with Crippen molar-refractivity contribution in [2.75, 3.05) is 23.3 Å². The van der Waals surface area contributed by atoms with E-state index in [-0.39, 0.29) is 18.1 Å². The Hall–Kier alpha value is -2.34. The molecule has 128 valence electrons. The Kier molecular flexibility index (Phi) is 4.85. The Morgan fingerprint density at radius 3 is 2.50 bits per heavy atom. The first-order valence-corrected chi connectivity index (χ1v) is 8.41. The van der Waals surface area contributed by atoms with Gasteiger partial charge < -0.3 is 15.3 Å². The maximum atomic E-state index is 12.3. The molecule has 6 nitrogen and oxygen atoms in total. The van der Waals surface area contributed by atoms with Crippen LogP contribution in [0.4, 0.5) is 11.4 Å². The summed E-state index contributed by atoms with van der Waals surface area (Å²) < 4.78 is 1.81. The van der Waals surface area contributed by atoms with Gasteiger partial charge in [-0.05, 0) is 51.0 Å². The quantitative estimate of drug-likeness (QED) is 0.905. The Labute approximate surface area is 142 Å². The second-order valence-electron chi connectivity index (χ2n) is 6.52. The summed E-state index contributed by atoms with van der Waals surface area (Å²) in [6, 6.07) is 7.86. The molecule has 1 aliphatic rings. The molecule has 1 fully saturated rings. The highest BCUT2D eigenvalue weighted by Crippen LogP contribution is 2.21. The summed E-state index contributed by atoms with van der Waals surface area (Å²) in [6.07, 6.45) is 4.89. The average Bonchev–Trinajstić information content (AvgIpc) is 3.04. The molecule has 0 unspecified atom stereocenters. The smallest absolute Gasteiger partial charge is 0.255 e. The van der Waals surface area contributed by atoms with Gasteiger partial charge in [0.1, 0.15) is 0 Å². The minimum atomic E-state index is -0.182. The van der Waals surface area contributed by atoms with Crippen LogP contribution in [-0.2, 0) is 0 Å². The van der Waals surface area contributed by atoms with Gasteiger partial charge in [-0.15, -0.1) is 0 Å². The molecule has 0 saturated carbocycles. The van der Waals surface area contributed by atoms with Crippen molar-refractivity contribution in [3.05, 3.63) is 42.2 Å². The number of anilines is 2. The molecule has 3 rings (SSSR count). The molecule has 2 heterocycles. The number of aliphatic hydroxyl groups is 1. The number of aromatic nitrogens is 2. The molecular formula is C18H24N4O2. The van der Waals surface area contributed by atoms with Gasteiger partial charge in [-0.1, -0.05) is 0 Å². The molecule has 1 aromatic carbocycles. The lowest BCUT2D eigenvalue weighted by molar-refractivity contribution is 0.102. The topological polar surface area (TPSA) is 70.4 Å². The number of nitrogens with one attached hydrogen (secondary N) is 1. The Morgan fingerprint density at radius 2 is 1.92 bits per heavy atom. The van der Waals surface area contributed by atoms with Crippen LogP contribution in [0.15, 0.2) is 36.7 Å². The van der Waals surface area contributed by atoms with Crippen LogP contribution < -0.4 is 10.2 Å². The van der Waals surface area contributed by atoms with E-state index in [0.717, 1.165) is 31.6 Å². The van der Waals surface area contributed by atoms with Gasteiger partial charge in [0.05, 0.1) is 18.0 Å². The van der Waals surface area contributed by atoms with Gasteiger partial charge >= 0.3 is 0 Å². The van der Waals surface area contributed by atoms with E-state index in [9.17, 15) is 9.90 Å². The van der Waals surface area contributed by atoms with E-state index >= 15 is 0 Å². The number of nitrogens with zero attached hydrogens (tertiary/aromatic N) is 3. The predicted octanol–water partition coefficient (Wildman–Crippen LogP) is 2.68. The standard InChI is InChI=1S/C18H24N4O2/c1-13(2)22-12-15(11-19-22)20-18(24)14-3-5-16(6-4-14)21-9-7-17(23)8-10-21/h3-6,11-13,17,23H,7-10H2,1-2H3,(H,20,24). The summed E-state index contributed by atoms with van der Waals surface area (Å²) in [6.45, 7) is 5.77. The van der Waals surface area contributed by atoms with Gasteiger partial charge in [-0.3, -0.25) is 9.48 Å². The van der Waals surface area contributed by atoms with Crippen molar-refractivity contribution in [1.29, 1.82) is 0 Å². The van der Waals surface area contributed by atoms with Gasteiger partial charge in [-0.2, -0.15) is 5.10 Å². The van der Waals surface area contributed by atoms with Crippen molar-refractivity contribution in [2.45, 2.75) is 38.8 Å². The van der Waals surface area contributed by atoms with Crippen molar-refractivity contribution in [1.82, 2.24) is 9.78 Å². The third-order valence-corrected chi connectivity index (χ3v) is 4.35. The number of benzene rings is 1. The van der Waals surface area contributed by atoms with Crippen LogP contribution in [0.2, 0.25) is 0 Å². The van der Waals surface area contributed by atoms with Crippen molar-refractivity contribution < 1.29 is 9.90 Å². The van der Waals surface area contributed by atoms with Gasteiger partial charge in [0, 0.05) is 36.6 Å². The summed E-state index contributed by atoms with van der Waals surface area (Å²) in [4.78, 5) is 14.6. The highest BCUT2D eigenvalue weighted by molar-refractivity contribution is 6.04. The lowest BCUT2D eigenvalue weighted by Crippen LogP contribution is -2.35. The molecule has 0 aliphatic carbocycles. The van der Waals surface area contributed by atoms with Crippen LogP contribution in [-0.4, -0.2) is 40.0 Å². The zero-order chi connectivity index (χ0) is 17.1. The molecule has 1 aliphatic heterocycles. The second-order valence-corrected chi connectivity index (χ2v) is 6.52. The number of amides is 1. The fourth-order valence-corrected chi connectivity index (χ4v) is 2.84. The highest BCUT2D eigenvalue weighted by Gasteiger charge is 2.17. The van der Waals surface area contributed by atoms with Crippen molar-refractivity contribution in [2.24, 2.45) is 0 Å². The van der Waals surface area contributed by atoms with Crippen LogP contribution >= 0.6 is 0 Å². The van der Waals surface area contributed by atoms with E-state index in [4.69, 9.17) is 0 Å². The number of carbonyl (C=O) groups is 1. The average molecular weight is 328 g/mol. The molecule has 0 atom stereocenters. The molecule has 1 aromatic heterocycles. The number of hydrogen-bond donors (Lipinski definition) is 2. The number of hydrogen-bond acceptors (Lipinski definition) is 4. The van der Waals surface area contributed by atoms with Gasteiger partial charge in [0.15, 0.2) is 0 Å². The SMILES string of the molecule is CC(C)n1cc(NC(=O)c2ccc(N3CCC(O)CC3)cc2)cn1. The highest BCUT2D eigenvalue weighted by atomic mass is 16.3. The van der Waals surface area contributed by atoms with Crippen LogP contribution in [0.25, 0.3) is 0 Å². The fraction of sp³-hybridized carbons (Fsp3) is 0.444.